The fourth-order valence-corrected chi connectivity index (χ4v) is 4.16. The van der Waals surface area contributed by atoms with Gasteiger partial charge in [0.2, 0.25) is 0 Å². The van der Waals surface area contributed by atoms with Crippen molar-refractivity contribution < 1.29 is 28.6 Å². The van der Waals surface area contributed by atoms with Gasteiger partial charge >= 0.3 is 18.0 Å². The van der Waals surface area contributed by atoms with Gasteiger partial charge in [0.15, 0.2) is 0 Å². The molecule has 0 unspecified atom stereocenters. The van der Waals surface area contributed by atoms with E-state index in [4.69, 9.17) is 14.2 Å². The monoisotopic (exact) mass is 550 g/mol. The first kappa shape index (κ1) is 28.6. The Kier molecular flexibility index (Phi) is 9.51. The fourth-order valence-electron chi connectivity index (χ4n) is 4.16. The molecule has 208 valence electrons. The smallest absolute Gasteiger partial charge is 0.340 e. The highest BCUT2D eigenvalue weighted by molar-refractivity contribution is 6.05. The van der Waals surface area contributed by atoms with Crippen LogP contribution >= 0.6 is 0 Å². The van der Waals surface area contributed by atoms with Crippen molar-refractivity contribution in [3.63, 3.8) is 0 Å². The lowest BCUT2D eigenvalue weighted by Gasteiger charge is -2.26. The van der Waals surface area contributed by atoms with Crippen molar-refractivity contribution in [2.24, 2.45) is 0 Å². The number of carbonyl (C=O) groups is 3. The third-order valence-electron chi connectivity index (χ3n) is 6.26. The van der Waals surface area contributed by atoms with Gasteiger partial charge in [-0.2, -0.15) is 0 Å². The van der Waals surface area contributed by atoms with Crippen LogP contribution in [0.4, 0.5) is 10.5 Å². The van der Waals surface area contributed by atoms with Gasteiger partial charge in [0, 0.05) is 6.54 Å². The van der Waals surface area contributed by atoms with E-state index < -0.39 is 18.0 Å². The molecule has 4 rings (SSSR count). The van der Waals surface area contributed by atoms with Crippen LogP contribution in [0.25, 0.3) is 6.08 Å². The highest BCUT2D eigenvalue weighted by atomic mass is 16.5. The number of amides is 2. The molecule has 0 saturated heterocycles. The zero-order valence-electron chi connectivity index (χ0n) is 22.8. The highest BCUT2D eigenvalue weighted by Gasteiger charge is 2.26. The van der Waals surface area contributed by atoms with Crippen molar-refractivity contribution in [2.75, 3.05) is 19.1 Å². The summed E-state index contributed by atoms with van der Waals surface area (Å²) in [5, 5.41) is 2.92. The average molecular weight is 551 g/mol. The lowest BCUT2D eigenvalue weighted by atomic mass is 10.0. The minimum absolute atomic E-state index is 0.101. The Bertz CT molecular complexity index is 1520. The van der Waals surface area contributed by atoms with Crippen molar-refractivity contribution in [1.82, 2.24) is 5.32 Å². The molecule has 0 spiro atoms. The molecule has 4 aromatic carbocycles. The number of nitrogens with zero attached hydrogens (tertiary/aromatic N) is 1. The minimum atomic E-state index is -0.667. The molecule has 0 aliphatic rings. The summed E-state index contributed by atoms with van der Waals surface area (Å²) in [6.45, 7) is 4.07. The summed E-state index contributed by atoms with van der Waals surface area (Å²) in [5.41, 5.74) is 2.47. The number of esters is 2. The van der Waals surface area contributed by atoms with Gasteiger partial charge in [-0.15, -0.1) is 0 Å². The number of hydrogen-bond donors (Lipinski definition) is 1. The predicted octanol–water partition coefficient (Wildman–Crippen LogP) is 6.61. The van der Waals surface area contributed by atoms with Gasteiger partial charge in [-0.1, -0.05) is 73.3 Å². The molecule has 0 saturated carbocycles. The average Bonchev–Trinajstić information content (AvgIpc) is 3.02. The lowest BCUT2D eigenvalue weighted by Crippen LogP contribution is -2.40. The van der Waals surface area contributed by atoms with Gasteiger partial charge in [-0.25, -0.2) is 14.4 Å². The number of nitrogens with one attached hydrogen (secondary N) is 1. The standard InChI is InChI=1S/C33H30N2O6/c1-4-25-19-29(32(37)40-3)30(20-28(25)31(36)39-2)35(22-24-11-7-5-8-12-24)33(38)34-21-23-15-17-27(18-16-23)41-26-13-9-6-10-14-26/h4-20H,1,21-22H2,2-3H3,(H,34,38). The normalized spacial score (nSPS) is 10.3. The molecule has 0 bridgehead atoms. The number of methoxy groups -OCH3 is 2. The maximum atomic E-state index is 13.7. The molecule has 1 N–H and O–H groups in total. The molecule has 8 heteroatoms. The molecule has 2 amide bonds. The molecule has 0 fully saturated rings. The van der Waals surface area contributed by atoms with Gasteiger partial charge in [-0.3, -0.25) is 4.90 Å². The van der Waals surface area contributed by atoms with Crippen LogP contribution < -0.4 is 15.0 Å². The third kappa shape index (κ3) is 7.19. The predicted molar refractivity (Wildman–Crippen MR) is 157 cm³/mol. The molecule has 0 aliphatic carbocycles. The number of anilines is 1. The summed E-state index contributed by atoms with van der Waals surface area (Å²) >= 11 is 0. The van der Waals surface area contributed by atoms with E-state index >= 15 is 0 Å². The number of ether oxygens (including phenoxy) is 3. The van der Waals surface area contributed by atoms with E-state index in [1.165, 1.54) is 37.3 Å². The zero-order valence-corrected chi connectivity index (χ0v) is 22.8. The molecule has 0 aliphatic heterocycles. The molecule has 0 radical (unpaired) electrons. The summed E-state index contributed by atoms with van der Waals surface area (Å²) < 4.78 is 15.8. The Morgan fingerprint density at radius 3 is 1.95 bits per heavy atom. The van der Waals surface area contributed by atoms with Crippen molar-refractivity contribution in [3.8, 4) is 11.5 Å². The molecule has 0 heterocycles. The SMILES string of the molecule is C=Cc1cc(C(=O)OC)c(N(Cc2ccccc2)C(=O)NCc2ccc(Oc3ccccc3)cc2)cc1C(=O)OC. The van der Waals surface area contributed by atoms with Crippen molar-refractivity contribution >= 4 is 29.7 Å². The van der Waals surface area contributed by atoms with Crippen LogP contribution in [0.15, 0.2) is 104 Å². The van der Waals surface area contributed by atoms with E-state index in [-0.39, 0.29) is 29.9 Å². The number of carbonyl (C=O) groups excluding carboxylic acids is 3. The largest absolute Gasteiger partial charge is 0.465 e. The summed E-state index contributed by atoms with van der Waals surface area (Å²) in [4.78, 5) is 40.5. The van der Waals surface area contributed by atoms with E-state index in [2.05, 4.69) is 11.9 Å². The number of rotatable bonds is 10. The van der Waals surface area contributed by atoms with E-state index in [0.717, 1.165) is 16.9 Å². The summed E-state index contributed by atoms with van der Waals surface area (Å²) in [7, 11) is 2.51. The van der Waals surface area contributed by atoms with Crippen LogP contribution in [0.2, 0.25) is 0 Å². The minimum Gasteiger partial charge on any atom is -0.465 e. The Morgan fingerprint density at radius 1 is 0.756 bits per heavy atom. The van der Waals surface area contributed by atoms with Crippen LogP contribution in [0.1, 0.15) is 37.4 Å². The van der Waals surface area contributed by atoms with Crippen molar-refractivity contribution in [3.05, 3.63) is 131 Å². The number of para-hydroxylation sites is 1. The first-order chi connectivity index (χ1) is 19.9. The fraction of sp³-hybridized carbons (Fsp3) is 0.121. The quantitative estimate of drug-likeness (QED) is 0.223. The van der Waals surface area contributed by atoms with Gasteiger partial charge in [-0.05, 0) is 53.1 Å². The Labute approximate surface area is 238 Å². The van der Waals surface area contributed by atoms with Crippen molar-refractivity contribution in [2.45, 2.75) is 13.1 Å². The molecular weight excluding hydrogens is 520 g/mol. The van der Waals surface area contributed by atoms with Crippen LogP contribution in [0, 0.1) is 0 Å². The topological polar surface area (TPSA) is 94.2 Å². The second-order valence-electron chi connectivity index (χ2n) is 8.93. The van der Waals surface area contributed by atoms with Gasteiger partial charge in [0.05, 0.1) is 37.6 Å². The first-order valence-corrected chi connectivity index (χ1v) is 12.8. The zero-order chi connectivity index (χ0) is 29.2. The van der Waals surface area contributed by atoms with E-state index in [0.29, 0.717) is 11.3 Å². The maximum absolute atomic E-state index is 13.7. The number of urea groups is 1. The van der Waals surface area contributed by atoms with Gasteiger partial charge in [0.25, 0.3) is 0 Å². The molecule has 8 nitrogen and oxygen atoms in total. The highest BCUT2D eigenvalue weighted by Crippen LogP contribution is 2.29. The summed E-state index contributed by atoms with van der Waals surface area (Å²) in [6, 6.07) is 28.5. The third-order valence-corrected chi connectivity index (χ3v) is 6.26. The van der Waals surface area contributed by atoms with Gasteiger partial charge in [0.1, 0.15) is 11.5 Å². The second-order valence-corrected chi connectivity index (χ2v) is 8.93. The first-order valence-electron chi connectivity index (χ1n) is 12.8. The van der Waals surface area contributed by atoms with Crippen molar-refractivity contribution in [1.29, 1.82) is 0 Å². The maximum Gasteiger partial charge on any atom is 0.340 e. The van der Waals surface area contributed by atoms with Gasteiger partial charge < -0.3 is 19.5 Å². The Balaban J connectivity index is 1.64. The van der Waals surface area contributed by atoms with E-state index in [1.54, 1.807) is 0 Å². The summed E-state index contributed by atoms with van der Waals surface area (Å²) in [6.07, 6.45) is 1.44. The van der Waals surface area contributed by atoms with Crippen LogP contribution in [-0.2, 0) is 22.6 Å². The Morgan fingerprint density at radius 2 is 1.34 bits per heavy atom. The number of benzene rings is 4. The molecule has 0 aromatic heterocycles. The van der Waals surface area contributed by atoms with E-state index in [9.17, 15) is 14.4 Å². The van der Waals surface area contributed by atoms with E-state index in [1.807, 2.05) is 84.9 Å². The molecular formula is C33H30N2O6. The second kappa shape index (κ2) is 13.6. The van der Waals surface area contributed by atoms with Crippen LogP contribution in [0.3, 0.4) is 0 Å². The molecule has 41 heavy (non-hydrogen) atoms. The van der Waals surface area contributed by atoms with Crippen LogP contribution in [-0.4, -0.2) is 32.2 Å². The van der Waals surface area contributed by atoms with Crippen LogP contribution in [0.5, 0.6) is 11.5 Å². The molecule has 0 atom stereocenters. The molecule has 4 aromatic rings. The summed E-state index contributed by atoms with van der Waals surface area (Å²) in [5.74, 6) is 0.0903. The number of hydrogen-bond acceptors (Lipinski definition) is 6. The Hall–Kier alpha value is -5.37. The lowest BCUT2D eigenvalue weighted by molar-refractivity contribution is 0.0587.